The first-order valence-electron chi connectivity index (χ1n) is 9.46. The highest BCUT2D eigenvalue weighted by Crippen LogP contribution is 2.34. The van der Waals surface area contributed by atoms with Gasteiger partial charge < -0.3 is 10.2 Å². The molecule has 0 aromatic carbocycles. The smallest absolute Gasteiger partial charge is 0.303 e. The minimum absolute atomic E-state index is 0.0636. The fourth-order valence-electron chi connectivity index (χ4n) is 3.36. The number of ketones is 1. The Morgan fingerprint density at radius 2 is 2.04 bits per heavy atom. The van der Waals surface area contributed by atoms with Crippen molar-refractivity contribution in [1.82, 2.24) is 0 Å². The molecule has 4 heteroatoms. The molecule has 4 nitrogen and oxygen atoms in total. The third-order valence-corrected chi connectivity index (χ3v) is 5.05. The molecule has 0 radical (unpaired) electrons. The molecule has 0 aromatic heterocycles. The summed E-state index contributed by atoms with van der Waals surface area (Å²) >= 11 is 0. The Kier molecular flexibility index (Phi) is 10.2. The number of carbonyl (C=O) groups is 2. The third-order valence-electron chi connectivity index (χ3n) is 5.05. The predicted octanol–water partition coefficient (Wildman–Crippen LogP) is 3.97. The SMILES string of the molecule is CC#CCC(C)[C@H](O)C=C[C@H]1CCC(=O)[C@@H]1CCCCCCC(=O)O. The van der Waals surface area contributed by atoms with Crippen molar-refractivity contribution >= 4 is 11.8 Å². The molecule has 25 heavy (non-hydrogen) atoms. The zero-order valence-electron chi connectivity index (χ0n) is 15.5. The standard InChI is InChI=1S/C21H32O4/c1-3-4-9-16(2)19(22)14-12-17-13-15-20(23)18(17)10-7-5-6-8-11-21(24)25/h12,14,16-19,22H,5-11,13,15H2,1-2H3,(H,24,25)/t16?,17-,18+,19+/m0/s1. The second-order valence-electron chi connectivity index (χ2n) is 7.11. The Morgan fingerprint density at radius 1 is 1.32 bits per heavy atom. The molecule has 0 amide bonds. The van der Waals surface area contributed by atoms with Crippen LogP contribution in [0.25, 0.3) is 0 Å². The average Bonchev–Trinajstić information content (AvgIpc) is 2.93. The van der Waals surface area contributed by atoms with Crippen LogP contribution in [-0.2, 0) is 9.59 Å². The molecule has 1 aliphatic rings. The lowest BCUT2D eigenvalue weighted by Crippen LogP contribution is -2.17. The van der Waals surface area contributed by atoms with Crippen LogP contribution in [0, 0.1) is 29.6 Å². The topological polar surface area (TPSA) is 74.6 Å². The normalized spacial score (nSPS) is 22.6. The van der Waals surface area contributed by atoms with Gasteiger partial charge in [-0.3, -0.25) is 9.59 Å². The maximum atomic E-state index is 12.1. The molecule has 1 saturated carbocycles. The van der Waals surface area contributed by atoms with Gasteiger partial charge in [0.05, 0.1) is 6.10 Å². The number of carboxylic acids is 1. The largest absolute Gasteiger partial charge is 0.481 e. The fourth-order valence-corrected chi connectivity index (χ4v) is 3.36. The number of carbonyl (C=O) groups excluding carboxylic acids is 1. The number of rotatable bonds is 11. The summed E-state index contributed by atoms with van der Waals surface area (Å²) in [6.07, 6.45) is 10.2. The number of aliphatic carboxylic acids is 1. The molecule has 1 fully saturated rings. The van der Waals surface area contributed by atoms with Crippen LogP contribution in [0.3, 0.4) is 0 Å². The van der Waals surface area contributed by atoms with Crippen LogP contribution in [-0.4, -0.2) is 28.1 Å². The Bertz CT molecular complexity index is 512. The molecule has 4 atom stereocenters. The predicted molar refractivity (Wildman–Crippen MR) is 98.9 cm³/mol. The first-order valence-corrected chi connectivity index (χ1v) is 9.46. The van der Waals surface area contributed by atoms with E-state index >= 15 is 0 Å². The van der Waals surface area contributed by atoms with Crippen molar-refractivity contribution in [3.63, 3.8) is 0 Å². The lowest BCUT2D eigenvalue weighted by atomic mass is 9.88. The molecule has 0 saturated heterocycles. The highest BCUT2D eigenvalue weighted by atomic mass is 16.4. The maximum absolute atomic E-state index is 12.1. The molecule has 1 rings (SSSR count). The van der Waals surface area contributed by atoms with Crippen molar-refractivity contribution in [2.75, 3.05) is 0 Å². The van der Waals surface area contributed by atoms with E-state index in [0.29, 0.717) is 25.0 Å². The Balaban J connectivity index is 2.39. The molecular weight excluding hydrogens is 316 g/mol. The van der Waals surface area contributed by atoms with Gasteiger partial charge in [-0.15, -0.1) is 11.8 Å². The number of aliphatic hydroxyl groups excluding tert-OH is 1. The molecule has 2 N–H and O–H groups in total. The van der Waals surface area contributed by atoms with Gasteiger partial charge in [-0.2, -0.15) is 0 Å². The Morgan fingerprint density at radius 3 is 2.72 bits per heavy atom. The highest BCUT2D eigenvalue weighted by molar-refractivity contribution is 5.83. The van der Waals surface area contributed by atoms with E-state index in [1.54, 1.807) is 6.92 Å². The summed E-state index contributed by atoms with van der Waals surface area (Å²) in [6.45, 7) is 3.78. The number of hydrogen-bond acceptors (Lipinski definition) is 3. The van der Waals surface area contributed by atoms with Gasteiger partial charge in [0.15, 0.2) is 0 Å². The van der Waals surface area contributed by atoms with E-state index in [9.17, 15) is 14.7 Å². The molecular formula is C21H32O4. The molecule has 140 valence electrons. The quantitative estimate of drug-likeness (QED) is 0.336. The van der Waals surface area contributed by atoms with Gasteiger partial charge in [0.25, 0.3) is 0 Å². The maximum Gasteiger partial charge on any atom is 0.303 e. The van der Waals surface area contributed by atoms with Crippen LogP contribution in [0.5, 0.6) is 0 Å². The summed E-state index contributed by atoms with van der Waals surface area (Å²) in [4.78, 5) is 22.6. The summed E-state index contributed by atoms with van der Waals surface area (Å²) in [5, 5.41) is 18.8. The van der Waals surface area contributed by atoms with Crippen molar-refractivity contribution in [2.45, 2.75) is 77.7 Å². The molecule has 1 unspecified atom stereocenters. The second kappa shape index (κ2) is 11.9. The summed E-state index contributed by atoms with van der Waals surface area (Å²) < 4.78 is 0. The second-order valence-corrected chi connectivity index (χ2v) is 7.11. The van der Waals surface area contributed by atoms with Gasteiger partial charge in [0, 0.05) is 25.2 Å². The number of Topliss-reactive ketones (excluding diaryl/α,β-unsaturated/α-hetero) is 1. The van der Waals surface area contributed by atoms with Crippen LogP contribution in [0.15, 0.2) is 12.2 Å². The van der Waals surface area contributed by atoms with Gasteiger partial charge >= 0.3 is 5.97 Å². The first kappa shape index (κ1) is 21.4. The van der Waals surface area contributed by atoms with E-state index in [4.69, 9.17) is 5.11 Å². The van der Waals surface area contributed by atoms with Gasteiger partial charge in [0.2, 0.25) is 0 Å². The van der Waals surface area contributed by atoms with Gasteiger partial charge in [-0.1, -0.05) is 38.3 Å². The van der Waals surface area contributed by atoms with Crippen LogP contribution in [0.1, 0.15) is 71.6 Å². The zero-order valence-corrected chi connectivity index (χ0v) is 15.5. The van der Waals surface area contributed by atoms with Crippen molar-refractivity contribution in [3.05, 3.63) is 12.2 Å². The van der Waals surface area contributed by atoms with Crippen LogP contribution >= 0.6 is 0 Å². The Labute approximate surface area is 151 Å². The van der Waals surface area contributed by atoms with Crippen LogP contribution < -0.4 is 0 Å². The highest BCUT2D eigenvalue weighted by Gasteiger charge is 2.32. The number of aliphatic hydroxyl groups is 1. The van der Waals surface area contributed by atoms with Crippen molar-refractivity contribution in [1.29, 1.82) is 0 Å². The van der Waals surface area contributed by atoms with Crippen molar-refractivity contribution in [3.8, 4) is 11.8 Å². The number of hydrogen-bond donors (Lipinski definition) is 2. The van der Waals surface area contributed by atoms with Gasteiger partial charge in [-0.25, -0.2) is 0 Å². The number of allylic oxidation sites excluding steroid dienone is 1. The lowest BCUT2D eigenvalue weighted by molar-refractivity contribution is -0.137. The number of unbranched alkanes of at least 4 members (excludes halogenated alkanes) is 3. The monoisotopic (exact) mass is 348 g/mol. The van der Waals surface area contributed by atoms with Crippen molar-refractivity contribution < 1.29 is 19.8 Å². The van der Waals surface area contributed by atoms with Crippen molar-refractivity contribution in [2.24, 2.45) is 17.8 Å². The summed E-state index contributed by atoms with van der Waals surface area (Å²) in [5.74, 6) is 5.81. The van der Waals surface area contributed by atoms with Gasteiger partial charge in [-0.05, 0) is 38.0 Å². The van der Waals surface area contributed by atoms with Crippen LogP contribution in [0.2, 0.25) is 0 Å². The van der Waals surface area contributed by atoms with E-state index in [2.05, 4.69) is 11.8 Å². The Hall–Kier alpha value is -1.60. The van der Waals surface area contributed by atoms with E-state index in [-0.39, 0.29) is 24.2 Å². The zero-order chi connectivity index (χ0) is 18.7. The van der Waals surface area contributed by atoms with E-state index in [0.717, 1.165) is 32.1 Å². The van der Waals surface area contributed by atoms with Gasteiger partial charge in [0.1, 0.15) is 5.78 Å². The lowest BCUT2D eigenvalue weighted by Gasteiger charge is -2.17. The minimum atomic E-state index is -0.742. The molecule has 0 spiro atoms. The number of carboxylic acid groups (broad SMARTS) is 1. The first-order chi connectivity index (χ1) is 12.0. The van der Waals surface area contributed by atoms with E-state index in [1.807, 2.05) is 19.1 Å². The van der Waals surface area contributed by atoms with E-state index in [1.165, 1.54) is 0 Å². The summed E-state index contributed by atoms with van der Waals surface area (Å²) in [6, 6.07) is 0. The summed E-state index contributed by atoms with van der Waals surface area (Å²) in [7, 11) is 0. The molecule has 0 aliphatic heterocycles. The molecule has 1 aliphatic carbocycles. The molecule has 0 aromatic rings. The average molecular weight is 348 g/mol. The summed E-state index contributed by atoms with van der Waals surface area (Å²) in [5.41, 5.74) is 0. The van der Waals surface area contributed by atoms with Crippen LogP contribution in [0.4, 0.5) is 0 Å². The fraction of sp³-hybridized carbons (Fsp3) is 0.714. The molecule has 0 bridgehead atoms. The van der Waals surface area contributed by atoms with E-state index < -0.39 is 12.1 Å². The minimum Gasteiger partial charge on any atom is -0.481 e. The molecule has 0 heterocycles. The third kappa shape index (κ3) is 8.36.